The second kappa shape index (κ2) is 5.00. The normalized spacial score (nSPS) is 14.7. The highest BCUT2D eigenvalue weighted by molar-refractivity contribution is 7.09. The fourth-order valence-electron chi connectivity index (χ4n) is 1.97. The summed E-state index contributed by atoms with van der Waals surface area (Å²) in [7, 11) is 0. The van der Waals surface area contributed by atoms with E-state index < -0.39 is 0 Å². The largest absolute Gasteiger partial charge is 0.454 e. The van der Waals surface area contributed by atoms with Gasteiger partial charge in [0, 0.05) is 17.5 Å². The summed E-state index contributed by atoms with van der Waals surface area (Å²) in [5.41, 5.74) is 1.22. The van der Waals surface area contributed by atoms with E-state index in [4.69, 9.17) is 9.47 Å². The maximum Gasteiger partial charge on any atom is 0.231 e. The smallest absolute Gasteiger partial charge is 0.231 e. The Bertz CT molecular complexity index is 525. The molecule has 1 aromatic heterocycles. The summed E-state index contributed by atoms with van der Waals surface area (Å²) in [6.45, 7) is 3.38. The molecular weight excluding hydrogens is 246 g/mol. The lowest BCUT2D eigenvalue weighted by molar-refractivity contribution is 0.174. The minimum Gasteiger partial charge on any atom is -0.454 e. The third-order valence-corrected chi connectivity index (χ3v) is 3.94. The van der Waals surface area contributed by atoms with Crippen LogP contribution >= 0.6 is 11.3 Å². The zero-order chi connectivity index (χ0) is 12.4. The van der Waals surface area contributed by atoms with E-state index in [1.54, 1.807) is 11.3 Å². The zero-order valence-electron chi connectivity index (χ0n) is 10.2. The van der Waals surface area contributed by atoms with Crippen molar-refractivity contribution in [3.63, 3.8) is 0 Å². The fraction of sp³-hybridized carbons (Fsp3) is 0.286. The second-order valence-corrected chi connectivity index (χ2v) is 5.33. The summed E-state index contributed by atoms with van der Waals surface area (Å²) in [5.74, 6) is 1.68. The van der Waals surface area contributed by atoms with E-state index >= 15 is 0 Å². The molecule has 4 heteroatoms. The fourth-order valence-corrected chi connectivity index (χ4v) is 2.62. The molecule has 0 fully saturated rings. The van der Waals surface area contributed by atoms with Crippen LogP contribution in [0, 0.1) is 0 Å². The third kappa shape index (κ3) is 2.35. The Labute approximate surface area is 110 Å². The van der Waals surface area contributed by atoms with Crippen LogP contribution in [-0.4, -0.2) is 6.79 Å². The molecule has 94 valence electrons. The Hall–Kier alpha value is -1.52. The average Bonchev–Trinajstić information content (AvgIpc) is 3.05. The Balaban J connectivity index is 1.67. The second-order valence-electron chi connectivity index (χ2n) is 4.29. The van der Waals surface area contributed by atoms with Gasteiger partial charge in [-0.1, -0.05) is 12.1 Å². The molecule has 18 heavy (non-hydrogen) atoms. The molecule has 3 rings (SSSR count). The summed E-state index contributed by atoms with van der Waals surface area (Å²) in [6, 6.07) is 10.6. The van der Waals surface area contributed by atoms with Crippen LogP contribution in [0.5, 0.6) is 11.5 Å². The van der Waals surface area contributed by atoms with Gasteiger partial charge in [-0.15, -0.1) is 11.3 Å². The van der Waals surface area contributed by atoms with Gasteiger partial charge in [-0.05, 0) is 36.1 Å². The Morgan fingerprint density at radius 3 is 3.00 bits per heavy atom. The first-order chi connectivity index (χ1) is 8.83. The highest BCUT2D eigenvalue weighted by Crippen LogP contribution is 2.34. The average molecular weight is 261 g/mol. The van der Waals surface area contributed by atoms with Gasteiger partial charge in [-0.25, -0.2) is 0 Å². The van der Waals surface area contributed by atoms with E-state index in [1.807, 2.05) is 6.07 Å². The molecule has 1 aliphatic rings. The summed E-state index contributed by atoms with van der Waals surface area (Å²) in [6.07, 6.45) is 0. The highest BCUT2D eigenvalue weighted by atomic mass is 32.1. The van der Waals surface area contributed by atoms with Gasteiger partial charge in [0.2, 0.25) is 6.79 Å². The molecule has 2 aromatic rings. The zero-order valence-corrected chi connectivity index (χ0v) is 11.0. The number of benzene rings is 1. The molecule has 0 bridgehead atoms. The molecule has 1 aliphatic heterocycles. The van der Waals surface area contributed by atoms with E-state index in [2.05, 4.69) is 41.9 Å². The molecule has 0 amide bonds. The van der Waals surface area contributed by atoms with E-state index in [-0.39, 0.29) is 0 Å². The van der Waals surface area contributed by atoms with Crippen molar-refractivity contribution in [3.8, 4) is 11.5 Å². The first-order valence-electron chi connectivity index (χ1n) is 5.98. The lowest BCUT2D eigenvalue weighted by Crippen LogP contribution is -2.17. The van der Waals surface area contributed by atoms with Crippen LogP contribution in [0.25, 0.3) is 0 Å². The minimum atomic E-state index is 0.293. The Morgan fingerprint density at radius 1 is 1.28 bits per heavy atom. The quantitative estimate of drug-likeness (QED) is 0.915. The molecule has 0 aliphatic carbocycles. The highest BCUT2D eigenvalue weighted by Gasteiger charge is 2.15. The molecule has 0 spiro atoms. The van der Waals surface area contributed by atoms with E-state index in [1.165, 1.54) is 10.4 Å². The van der Waals surface area contributed by atoms with Crippen LogP contribution in [0.1, 0.15) is 23.4 Å². The molecule has 1 unspecified atom stereocenters. The van der Waals surface area contributed by atoms with Crippen molar-refractivity contribution in [2.24, 2.45) is 0 Å². The molecule has 0 saturated heterocycles. The van der Waals surface area contributed by atoms with Gasteiger partial charge in [-0.2, -0.15) is 0 Å². The Morgan fingerprint density at radius 2 is 2.17 bits per heavy atom. The van der Waals surface area contributed by atoms with Crippen LogP contribution in [0.3, 0.4) is 0 Å². The lowest BCUT2D eigenvalue weighted by atomic mass is 10.1. The van der Waals surface area contributed by atoms with Gasteiger partial charge in [0.05, 0.1) is 0 Å². The van der Waals surface area contributed by atoms with Crippen molar-refractivity contribution >= 4 is 11.3 Å². The van der Waals surface area contributed by atoms with Crippen LogP contribution in [0.15, 0.2) is 35.7 Å². The lowest BCUT2D eigenvalue weighted by Gasteiger charge is -2.14. The predicted molar refractivity (Wildman–Crippen MR) is 72.1 cm³/mol. The van der Waals surface area contributed by atoms with Crippen molar-refractivity contribution in [2.75, 3.05) is 6.79 Å². The molecule has 1 aromatic carbocycles. The summed E-state index contributed by atoms with van der Waals surface area (Å²) < 4.78 is 10.7. The summed E-state index contributed by atoms with van der Waals surface area (Å²) in [5, 5.41) is 5.61. The first kappa shape index (κ1) is 11.6. The maximum absolute atomic E-state index is 5.39. The monoisotopic (exact) mass is 261 g/mol. The van der Waals surface area contributed by atoms with Gasteiger partial charge in [0.1, 0.15) is 0 Å². The van der Waals surface area contributed by atoms with Crippen LogP contribution in [0.4, 0.5) is 0 Å². The molecular formula is C14H15NO2S. The van der Waals surface area contributed by atoms with Crippen molar-refractivity contribution in [1.29, 1.82) is 0 Å². The molecule has 2 heterocycles. The van der Waals surface area contributed by atoms with Crippen LogP contribution in [-0.2, 0) is 6.54 Å². The van der Waals surface area contributed by atoms with Gasteiger partial charge in [0.15, 0.2) is 11.5 Å². The van der Waals surface area contributed by atoms with Gasteiger partial charge in [0.25, 0.3) is 0 Å². The molecule has 1 N–H and O–H groups in total. The number of fused-ring (bicyclic) bond motifs is 1. The minimum absolute atomic E-state index is 0.293. The standard InChI is InChI=1S/C14H15NO2S/c1-10(15-8-12-3-2-6-18-12)11-4-5-13-14(7-11)17-9-16-13/h2-7,10,15H,8-9H2,1H3. The molecule has 3 nitrogen and oxygen atoms in total. The van der Waals surface area contributed by atoms with Crippen molar-refractivity contribution in [1.82, 2.24) is 5.32 Å². The molecule has 1 atom stereocenters. The van der Waals surface area contributed by atoms with Gasteiger partial charge < -0.3 is 14.8 Å². The summed E-state index contributed by atoms with van der Waals surface area (Å²) >= 11 is 1.77. The van der Waals surface area contributed by atoms with Crippen LogP contribution < -0.4 is 14.8 Å². The molecule has 0 radical (unpaired) electrons. The number of ether oxygens (including phenoxy) is 2. The van der Waals surface area contributed by atoms with Crippen LogP contribution in [0.2, 0.25) is 0 Å². The van der Waals surface area contributed by atoms with Crippen molar-refractivity contribution < 1.29 is 9.47 Å². The topological polar surface area (TPSA) is 30.5 Å². The Kier molecular flexibility index (Phi) is 3.21. The third-order valence-electron chi connectivity index (χ3n) is 3.06. The SMILES string of the molecule is CC(NCc1cccs1)c1ccc2c(c1)OCO2. The van der Waals surface area contributed by atoms with E-state index in [9.17, 15) is 0 Å². The predicted octanol–water partition coefficient (Wildman–Crippen LogP) is 3.33. The van der Waals surface area contributed by atoms with Crippen molar-refractivity contribution in [2.45, 2.75) is 19.5 Å². The number of thiophene rings is 1. The van der Waals surface area contributed by atoms with E-state index in [0.717, 1.165) is 18.0 Å². The van der Waals surface area contributed by atoms with Crippen molar-refractivity contribution in [3.05, 3.63) is 46.2 Å². The van der Waals surface area contributed by atoms with Gasteiger partial charge in [-0.3, -0.25) is 0 Å². The van der Waals surface area contributed by atoms with E-state index in [0.29, 0.717) is 12.8 Å². The first-order valence-corrected chi connectivity index (χ1v) is 6.86. The number of hydrogen-bond donors (Lipinski definition) is 1. The number of hydrogen-bond acceptors (Lipinski definition) is 4. The molecule has 0 saturated carbocycles. The number of nitrogens with one attached hydrogen (secondary N) is 1. The maximum atomic E-state index is 5.39. The summed E-state index contributed by atoms with van der Waals surface area (Å²) in [4.78, 5) is 1.35. The van der Waals surface area contributed by atoms with Gasteiger partial charge >= 0.3 is 0 Å². The number of rotatable bonds is 4.